The largest absolute Gasteiger partial charge is 0.465 e. The van der Waals surface area contributed by atoms with Crippen LogP contribution in [-0.2, 0) is 4.74 Å². The van der Waals surface area contributed by atoms with Crippen molar-refractivity contribution in [3.63, 3.8) is 0 Å². The minimum Gasteiger partial charge on any atom is -0.465 e. The van der Waals surface area contributed by atoms with Gasteiger partial charge in [-0.05, 0) is 40.2 Å². The number of H-pyrrole nitrogens is 1. The summed E-state index contributed by atoms with van der Waals surface area (Å²) in [6, 6.07) is 6.92. The van der Waals surface area contributed by atoms with Crippen molar-refractivity contribution >= 4 is 32.9 Å². The van der Waals surface area contributed by atoms with E-state index in [9.17, 15) is 4.79 Å². The van der Waals surface area contributed by atoms with Gasteiger partial charge in [0.25, 0.3) is 0 Å². The molecule has 106 valence electrons. The van der Waals surface area contributed by atoms with E-state index < -0.39 is 5.97 Å². The number of nitrogens with one attached hydrogen (secondary N) is 1. The third kappa shape index (κ3) is 2.73. The van der Waals surface area contributed by atoms with Crippen LogP contribution in [0.5, 0.6) is 11.6 Å². The first-order valence-electron chi connectivity index (χ1n) is 6.03. The summed E-state index contributed by atoms with van der Waals surface area (Å²) in [5, 5.41) is 0.905. The smallest absolute Gasteiger partial charge is 0.343 e. The number of nitrogens with zero attached hydrogens (tertiary/aromatic N) is 2. The van der Waals surface area contributed by atoms with Crippen molar-refractivity contribution in [2.24, 2.45) is 0 Å². The lowest BCUT2D eigenvalue weighted by molar-refractivity contribution is 0.0597. The van der Waals surface area contributed by atoms with Crippen LogP contribution in [0.4, 0.5) is 0 Å². The maximum Gasteiger partial charge on any atom is 0.343 e. The van der Waals surface area contributed by atoms with E-state index in [0.29, 0.717) is 10.4 Å². The van der Waals surface area contributed by atoms with Gasteiger partial charge in [0.15, 0.2) is 0 Å². The summed E-state index contributed by atoms with van der Waals surface area (Å²) in [5.74, 6) is 0.131. The Hall–Kier alpha value is -2.41. The Kier molecular flexibility index (Phi) is 3.57. The first-order chi connectivity index (χ1) is 10.2. The van der Waals surface area contributed by atoms with Gasteiger partial charge in [-0.3, -0.25) is 0 Å². The van der Waals surface area contributed by atoms with Crippen molar-refractivity contribution in [1.29, 1.82) is 0 Å². The van der Waals surface area contributed by atoms with Gasteiger partial charge in [-0.2, -0.15) is 0 Å². The van der Waals surface area contributed by atoms with Gasteiger partial charge in [0, 0.05) is 11.6 Å². The lowest BCUT2D eigenvalue weighted by Crippen LogP contribution is -2.05. The van der Waals surface area contributed by atoms with Gasteiger partial charge >= 0.3 is 5.97 Å². The number of aromatic amines is 1. The third-order valence-electron chi connectivity index (χ3n) is 2.82. The van der Waals surface area contributed by atoms with Gasteiger partial charge in [0.2, 0.25) is 5.88 Å². The quantitative estimate of drug-likeness (QED) is 0.581. The van der Waals surface area contributed by atoms with Crippen LogP contribution in [0.25, 0.3) is 11.0 Å². The molecule has 3 aromatic rings. The monoisotopic (exact) mass is 347 g/mol. The van der Waals surface area contributed by atoms with Gasteiger partial charge in [-0.15, -0.1) is 0 Å². The van der Waals surface area contributed by atoms with Crippen LogP contribution in [0.2, 0.25) is 0 Å². The third-order valence-corrected chi connectivity index (χ3v) is 3.26. The molecule has 0 aliphatic heterocycles. The van der Waals surface area contributed by atoms with Crippen molar-refractivity contribution in [1.82, 2.24) is 15.0 Å². The summed E-state index contributed by atoms with van der Waals surface area (Å²) in [5.41, 5.74) is 1.01. The lowest BCUT2D eigenvalue weighted by atomic mass is 10.3. The van der Waals surface area contributed by atoms with Gasteiger partial charge in [-0.25, -0.2) is 14.8 Å². The fraction of sp³-hybridized carbons (Fsp3) is 0.0714. The topological polar surface area (TPSA) is 77.1 Å². The van der Waals surface area contributed by atoms with Crippen molar-refractivity contribution in [3.8, 4) is 11.6 Å². The number of hydrogen-bond acceptors (Lipinski definition) is 5. The highest BCUT2D eigenvalue weighted by atomic mass is 79.9. The van der Waals surface area contributed by atoms with E-state index in [1.165, 1.54) is 7.11 Å². The molecule has 3 rings (SSSR count). The van der Waals surface area contributed by atoms with Gasteiger partial charge in [0.1, 0.15) is 21.6 Å². The van der Waals surface area contributed by atoms with Crippen LogP contribution in [0, 0.1) is 0 Å². The van der Waals surface area contributed by atoms with E-state index in [-0.39, 0.29) is 11.4 Å². The van der Waals surface area contributed by atoms with Crippen molar-refractivity contribution in [3.05, 3.63) is 46.8 Å². The average molecular weight is 348 g/mol. The van der Waals surface area contributed by atoms with Gasteiger partial charge < -0.3 is 14.5 Å². The molecule has 0 bridgehead atoms. The number of hydrogen-bond donors (Lipinski definition) is 1. The summed E-state index contributed by atoms with van der Waals surface area (Å²) >= 11 is 3.25. The molecule has 0 fully saturated rings. The van der Waals surface area contributed by atoms with Crippen LogP contribution >= 0.6 is 15.9 Å². The number of carbonyl (C=O) groups excluding carboxylic acids is 1. The number of aromatic nitrogens is 3. The van der Waals surface area contributed by atoms with Crippen LogP contribution in [-0.4, -0.2) is 28.0 Å². The molecule has 0 unspecified atom stereocenters. The van der Waals surface area contributed by atoms with Crippen LogP contribution in [0.3, 0.4) is 0 Å². The molecule has 0 saturated carbocycles. The normalized spacial score (nSPS) is 10.6. The molecule has 0 amide bonds. The average Bonchev–Trinajstić information content (AvgIpc) is 2.94. The molecule has 3 heterocycles. The second-order valence-electron chi connectivity index (χ2n) is 4.17. The molecule has 21 heavy (non-hydrogen) atoms. The van der Waals surface area contributed by atoms with Crippen LogP contribution in [0.15, 0.2) is 41.3 Å². The molecule has 0 saturated heterocycles. The predicted molar refractivity (Wildman–Crippen MR) is 79.4 cm³/mol. The number of pyridine rings is 2. The molecule has 6 nitrogen and oxygen atoms in total. The number of methoxy groups -OCH3 is 1. The Morgan fingerprint density at radius 2 is 2.19 bits per heavy atom. The minimum absolute atomic E-state index is 0.160. The Balaban J connectivity index is 1.99. The Morgan fingerprint density at radius 3 is 3.00 bits per heavy atom. The number of fused-ring (bicyclic) bond motifs is 1. The van der Waals surface area contributed by atoms with Crippen molar-refractivity contribution in [2.75, 3.05) is 7.11 Å². The second kappa shape index (κ2) is 5.53. The maximum absolute atomic E-state index is 11.7. The van der Waals surface area contributed by atoms with Crippen molar-refractivity contribution < 1.29 is 14.3 Å². The molecule has 0 aliphatic carbocycles. The zero-order chi connectivity index (χ0) is 14.8. The van der Waals surface area contributed by atoms with E-state index >= 15 is 0 Å². The van der Waals surface area contributed by atoms with E-state index in [1.54, 1.807) is 24.5 Å². The minimum atomic E-state index is -0.513. The number of halogens is 1. The highest BCUT2D eigenvalue weighted by Crippen LogP contribution is 2.27. The zero-order valence-electron chi connectivity index (χ0n) is 11.0. The number of esters is 1. The molecule has 0 atom stereocenters. The SMILES string of the molecule is COC(=O)c1ccc(Br)nc1Oc1cnc2[nH]ccc2c1. The second-order valence-corrected chi connectivity index (χ2v) is 4.98. The maximum atomic E-state index is 11.7. The first-order valence-corrected chi connectivity index (χ1v) is 6.82. The van der Waals surface area contributed by atoms with Crippen LogP contribution < -0.4 is 4.74 Å². The first kappa shape index (κ1) is 13.6. The highest BCUT2D eigenvalue weighted by Gasteiger charge is 2.16. The van der Waals surface area contributed by atoms with E-state index in [2.05, 4.69) is 30.9 Å². The molecule has 0 radical (unpaired) electrons. The summed E-state index contributed by atoms with van der Waals surface area (Å²) in [6.07, 6.45) is 3.35. The van der Waals surface area contributed by atoms with Crippen LogP contribution in [0.1, 0.15) is 10.4 Å². The molecule has 1 N–H and O–H groups in total. The van der Waals surface area contributed by atoms with Gasteiger partial charge in [-0.1, -0.05) is 0 Å². The number of ether oxygens (including phenoxy) is 2. The fourth-order valence-corrected chi connectivity index (χ4v) is 2.14. The summed E-state index contributed by atoms with van der Waals surface area (Å²) in [4.78, 5) is 23.1. The van der Waals surface area contributed by atoms with Crippen molar-refractivity contribution in [2.45, 2.75) is 0 Å². The highest BCUT2D eigenvalue weighted by molar-refractivity contribution is 9.10. The van der Waals surface area contributed by atoms with Gasteiger partial charge in [0.05, 0.1) is 13.3 Å². The van der Waals surface area contributed by atoms with E-state index in [4.69, 9.17) is 9.47 Å². The lowest BCUT2D eigenvalue weighted by Gasteiger charge is -2.09. The molecule has 0 aliphatic rings. The zero-order valence-corrected chi connectivity index (χ0v) is 12.5. The molecule has 0 aromatic carbocycles. The Bertz CT molecular complexity index is 816. The molecule has 7 heteroatoms. The molecule has 3 aromatic heterocycles. The number of carbonyl (C=O) groups is 1. The van der Waals surface area contributed by atoms with E-state index in [1.807, 2.05) is 12.1 Å². The Labute approximate surface area is 128 Å². The molecular weight excluding hydrogens is 338 g/mol. The predicted octanol–water partition coefficient (Wildman–Crippen LogP) is 3.30. The molecular formula is C14H10BrN3O3. The Morgan fingerprint density at radius 1 is 1.33 bits per heavy atom. The fourth-order valence-electron chi connectivity index (χ4n) is 1.85. The standard InChI is InChI=1S/C14H10BrN3O3/c1-20-14(19)10-2-3-11(15)18-13(10)21-9-6-8-4-5-16-12(8)17-7-9/h2-7H,1H3,(H,16,17). The molecule has 0 spiro atoms. The summed E-state index contributed by atoms with van der Waals surface area (Å²) in [6.45, 7) is 0. The number of rotatable bonds is 3. The van der Waals surface area contributed by atoms with E-state index in [0.717, 1.165) is 11.0 Å². The summed E-state index contributed by atoms with van der Waals surface area (Å²) < 4.78 is 10.9. The summed E-state index contributed by atoms with van der Waals surface area (Å²) in [7, 11) is 1.31.